The van der Waals surface area contributed by atoms with E-state index in [2.05, 4.69) is 18.2 Å². The first kappa shape index (κ1) is 9.93. The number of carbonyl (C=O) groups is 1. The molecule has 1 amide bonds. The SMILES string of the molecule is NC(=O)CC=Cc1cc2ccccc2s1. The van der Waals surface area contributed by atoms with Gasteiger partial charge in [0, 0.05) is 16.0 Å². The summed E-state index contributed by atoms with van der Waals surface area (Å²) in [5, 5.41) is 1.24. The molecule has 2 rings (SSSR count). The maximum Gasteiger partial charge on any atom is 0.221 e. The van der Waals surface area contributed by atoms with Crippen LogP contribution in [0.3, 0.4) is 0 Å². The normalized spacial score (nSPS) is 11.2. The maximum atomic E-state index is 10.5. The van der Waals surface area contributed by atoms with E-state index in [1.165, 1.54) is 10.1 Å². The zero-order chi connectivity index (χ0) is 10.7. The first-order chi connectivity index (χ1) is 7.25. The summed E-state index contributed by atoms with van der Waals surface area (Å²) in [5.41, 5.74) is 5.04. The molecule has 0 bridgehead atoms. The van der Waals surface area contributed by atoms with Crippen LogP contribution in [0.4, 0.5) is 0 Å². The van der Waals surface area contributed by atoms with E-state index >= 15 is 0 Å². The highest BCUT2D eigenvalue weighted by Gasteiger charge is 1.97. The lowest BCUT2D eigenvalue weighted by molar-refractivity contribution is -0.117. The quantitative estimate of drug-likeness (QED) is 0.844. The molecule has 1 heterocycles. The zero-order valence-electron chi connectivity index (χ0n) is 8.14. The highest BCUT2D eigenvalue weighted by molar-refractivity contribution is 7.19. The van der Waals surface area contributed by atoms with E-state index in [0.717, 1.165) is 4.88 Å². The highest BCUT2D eigenvalue weighted by Crippen LogP contribution is 2.26. The summed E-state index contributed by atoms with van der Waals surface area (Å²) in [6.45, 7) is 0. The van der Waals surface area contributed by atoms with Crippen molar-refractivity contribution in [2.45, 2.75) is 6.42 Å². The average molecular weight is 217 g/mol. The van der Waals surface area contributed by atoms with E-state index in [-0.39, 0.29) is 5.91 Å². The molecule has 2 N–H and O–H groups in total. The number of primary amides is 1. The van der Waals surface area contributed by atoms with Crippen molar-refractivity contribution in [1.82, 2.24) is 0 Å². The molecule has 1 aromatic carbocycles. The number of amides is 1. The second-order valence-electron chi connectivity index (χ2n) is 3.26. The van der Waals surface area contributed by atoms with Crippen molar-refractivity contribution in [2.24, 2.45) is 5.73 Å². The Morgan fingerprint density at radius 2 is 2.20 bits per heavy atom. The summed E-state index contributed by atoms with van der Waals surface area (Å²) in [5.74, 6) is -0.299. The smallest absolute Gasteiger partial charge is 0.221 e. The van der Waals surface area contributed by atoms with Crippen LogP contribution < -0.4 is 5.73 Å². The van der Waals surface area contributed by atoms with Crippen LogP contribution >= 0.6 is 11.3 Å². The molecule has 76 valence electrons. The van der Waals surface area contributed by atoms with Gasteiger partial charge in [-0.05, 0) is 23.6 Å². The van der Waals surface area contributed by atoms with Gasteiger partial charge in [-0.2, -0.15) is 0 Å². The molecule has 0 spiro atoms. The van der Waals surface area contributed by atoms with Crippen LogP contribution in [0, 0.1) is 0 Å². The molecule has 0 unspecified atom stereocenters. The minimum atomic E-state index is -0.299. The fourth-order valence-corrected chi connectivity index (χ4v) is 2.37. The van der Waals surface area contributed by atoms with E-state index in [4.69, 9.17) is 5.73 Å². The Morgan fingerprint density at radius 1 is 1.40 bits per heavy atom. The van der Waals surface area contributed by atoms with Crippen LogP contribution in [0.5, 0.6) is 0 Å². The summed E-state index contributed by atoms with van der Waals surface area (Å²) in [6, 6.07) is 10.3. The Morgan fingerprint density at radius 3 is 2.93 bits per heavy atom. The summed E-state index contributed by atoms with van der Waals surface area (Å²) in [6.07, 6.45) is 4.04. The van der Waals surface area contributed by atoms with E-state index in [0.29, 0.717) is 6.42 Å². The number of rotatable bonds is 3. The van der Waals surface area contributed by atoms with E-state index in [1.807, 2.05) is 18.2 Å². The Hall–Kier alpha value is -1.61. The summed E-state index contributed by atoms with van der Waals surface area (Å²) >= 11 is 1.71. The number of carbonyl (C=O) groups excluding carboxylic acids is 1. The van der Waals surface area contributed by atoms with Crippen molar-refractivity contribution in [3.05, 3.63) is 41.3 Å². The number of nitrogens with two attached hydrogens (primary N) is 1. The third-order valence-corrected chi connectivity index (χ3v) is 3.13. The van der Waals surface area contributed by atoms with Crippen LogP contribution in [0.1, 0.15) is 11.3 Å². The summed E-state index contributed by atoms with van der Waals surface area (Å²) in [4.78, 5) is 11.7. The van der Waals surface area contributed by atoms with Crippen molar-refractivity contribution in [3.63, 3.8) is 0 Å². The van der Waals surface area contributed by atoms with Gasteiger partial charge in [0.1, 0.15) is 0 Å². The van der Waals surface area contributed by atoms with Gasteiger partial charge in [0.05, 0.1) is 0 Å². The molecule has 15 heavy (non-hydrogen) atoms. The number of thiophene rings is 1. The monoisotopic (exact) mass is 217 g/mol. The largest absolute Gasteiger partial charge is 0.369 e. The van der Waals surface area contributed by atoms with Gasteiger partial charge in [-0.3, -0.25) is 4.79 Å². The first-order valence-corrected chi connectivity index (χ1v) is 5.51. The molecule has 3 heteroatoms. The predicted octanol–water partition coefficient (Wildman–Crippen LogP) is 2.79. The van der Waals surface area contributed by atoms with E-state index in [1.54, 1.807) is 17.4 Å². The van der Waals surface area contributed by atoms with Crippen LogP contribution in [0.15, 0.2) is 36.4 Å². The van der Waals surface area contributed by atoms with Gasteiger partial charge in [0.2, 0.25) is 5.91 Å². The first-order valence-electron chi connectivity index (χ1n) is 4.69. The second-order valence-corrected chi connectivity index (χ2v) is 4.37. The molecule has 0 fully saturated rings. The Labute approximate surface area is 92.0 Å². The molecule has 0 aliphatic heterocycles. The van der Waals surface area contributed by atoms with Gasteiger partial charge in [0.15, 0.2) is 0 Å². The Bertz CT molecular complexity index is 480. The van der Waals surface area contributed by atoms with E-state index < -0.39 is 0 Å². The number of benzene rings is 1. The lowest BCUT2D eigenvalue weighted by atomic mass is 10.2. The molecular formula is C12H11NOS. The molecule has 2 aromatic rings. The Kier molecular flexibility index (Phi) is 2.83. The third kappa shape index (κ3) is 2.44. The predicted molar refractivity (Wildman–Crippen MR) is 64.7 cm³/mol. The third-order valence-electron chi connectivity index (χ3n) is 2.05. The van der Waals surface area contributed by atoms with Gasteiger partial charge in [-0.25, -0.2) is 0 Å². The fourth-order valence-electron chi connectivity index (χ4n) is 1.38. The molecule has 0 saturated carbocycles. The van der Waals surface area contributed by atoms with Crippen molar-refractivity contribution in [3.8, 4) is 0 Å². The number of hydrogen-bond acceptors (Lipinski definition) is 2. The van der Waals surface area contributed by atoms with Gasteiger partial charge >= 0.3 is 0 Å². The maximum absolute atomic E-state index is 10.5. The Balaban J connectivity index is 2.22. The topological polar surface area (TPSA) is 43.1 Å². The van der Waals surface area contributed by atoms with Crippen LogP contribution in [-0.2, 0) is 4.79 Å². The summed E-state index contributed by atoms with van der Waals surface area (Å²) in [7, 11) is 0. The van der Waals surface area contributed by atoms with Gasteiger partial charge in [0.25, 0.3) is 0 Å². The van der Waals surface area contributed by atoms with E-state index in [9.17, 15) is 4.79 Å². The molecule has 2 nitrogen and oxygen atoms in total. The molecular weight excluding hydrogens is 206 g/mol. The molecule has 0 aliphatic carbocycles. The standard InChI is InChI=1S/C12H11NOS/c13-12(14)7-3-5-10-8-9-4-1-2-6-11(9)15-10/h1-6,8H,7H2,(H2,13,14). The van der Waals surface area contributed by atoms with Crippen LogP contribution in [0.25, 0.3) is 16.2 Å². The zero-order valence-corrected chi connectivity index (χ0v) is 8.96. The number of hydrogen-bond donors (Lipinski definition) is 1. The molecule has 0 saturated heterocycles. The van der Waals surface area contributed by atoms with Gasteiger partial charge in [-0.1, -0.05) is 24.3 Å². The van der Waals surface area contributed by atoms with Gasteiger partial charge < -0.3 is 5.73 Å². The molecule has 0 aliphatic rings. The second kappa shape index (κ2) is 4.28. The highest BCUT2D eigenvalue weighted by atomic mass is 32.1. The molecule has 0 atom stereocenters. The lowest BCUT2D eigenvalue weighted by Gasteiger charge is -1.83. The molecule has 0 radical (unpaired) electrons. The fraction of sp³-hybridized carbons (Fsp3) is 0.0833. The van der Waals surface area contributed by atoms with Crippen molar-refractivity contribution in [1.29, 1.82) is 0 Å². The van der Waals surface area contributed by atoms with Crippen LogP contribution in [-0.4, -0.2) is 5.91 Å². The van der Waals surface area contributed by atoms with Crippen LogP contribution in [0.2, 0.25) is 0 Å². The lowest BCUT2D eigenvalue weighted by Crippen LogP contribution is -2.07. The van der Waals surface area contributed by atoms with Gasteiger partial charge in [-0.15, -0.1) is 11.3 Å². The average Bonchev–Trinajstić information content (AvgIpc) is 2.59. The van der Waals surface area contributed by atoms with Crippen molar-refractivity contribution in [2.75, 3.05) is 0 Å². The molecule has 1 aromatic heterocycles. The summed E-state index contributed by atoms with van der Waals surface area (Å²) < 4.78 is 1.26. The van der Waals surface area contributed by atoms with Crippen molar-refractivity contribution < 1.29 is 4.79 Å². The number of fused-ring (bicyclic) bond motifs is 1. The minimum Gasteiger partial charge on any atom is -0.369 e. The minimum absolute atomic E-state index is 0.299. The van der Waals surface area contributed by atoms with Crippen molar-refractivity contribution >= 4 is 33.4 Å².